The molecule has 0 bridgehead atoms. The zero-order valence-corrected chi connectivity index (χ0v) is 15.7. The third-order valence-corrected chi connectivity index (χ3v) is 4.72. The number of ether oxygens (including phenoxy) is 1. The molecule has 1 unspecified atom stereocenters. The molecule has 1 aliphatic rings. The van der Waals surface area contributed by atoms with E-state index >= 15 is 0 Å². The molecule has 5 nitrogen and oxygen atoms in total. The molecule has 5 heteroatoms. The molecule has 0 saturated carbocycles. The minimum absolute atomic E-state index is 0.0814. The highest BCUT2D eigenvalue weighted by Crippen LogP contribution is 2.24. The van der Waals surface area contributed by atoms with E-state index in [1.807, 2.05) is 59.5 Å². The summed E-state index contributed by atoms with van der Waals surface area (Å²) in [6.07, 6.45) is 3.53. The van der Waals surface area contributed by atoms with Gasteiger partial charge in [-0.2, -0.15) is 0 Å². The number of nitrogens with one attached hydrogen (secondary N) is 1. The van der Waals surface area contributed by atoms with Crippen LogP contribution in [0.5, 0.6) is 11.5 Å². The third kappa shape index (κ3) is 5.33. The van der Waals surface area contributed by atoms with Gasteiger partial charge in [0.15, 0.2) is 0 Å². The van der Waals surface area contributed by atoms with Crippen molar-refractivity contribution in [3.05, 3.63) is 54.6 Å². The molecule has 142 valence electrons. The summed E-state index contributed by atoms with van der Waals surface area (Å²) >= 11 is 0. The first-order valence-corrected chi connectivity index (χ1v) is 9.57. The van der Waals surface area contributed by atoms with E-state index in [0.29, 0.717) is 24.4 Å². The van der Waals surface area contributed by atoms with E-state index in [-0.39, 0.29) is 17.7 Å². The van der Waals surface area contributed by atoms with Gasteiger partial charge in [0.05, 0.1) is 5.92 Å². The Kier molecular flexibility index (Phi) is 6.47. The van der Waals surface area contributed by atoms with Crippen molar-refractivity contribution in [2.45, 2.75) is 32.6 Å². The Morgan fingerprint density at radius 3 is 2.48 bits per heavy atom. The Bertz CT molecular complexity index is 759. The number of rotatable bonds is 8. The van der Waals surface area contributed by atoms with Gasteiger partial charge in [-0.3, -0.25) is 9.59 Å². The van der Waals surface area contributed by atoms with Gasteiger partial charge in [-0.15, -0.1) is 0 Å². The normalized spacial score (nSPS) is 16.4. The highest BCUT2D eigenvalue weighted by Gasteiger charge is 2.33. The molecule has 1 fully saturated rings. The number of anilines is 1. The first-order chi connectivity index (χ1) is 13.2. The molecule has 1 heterocycles. The number of likely N-dealkylation sites (tertiary alicyclic amines) is 1. The van der Waals surface area contributed by atoms with E-state index in [9.17, 15) is 9.59 Å². The molecule has 1 N–H and O–H groups in total. The molecule has 0 radical (unpaired) electrons. The largest absolute Gasteiger partial charge is 0.457 e. The molecular weight excluding hydrogens is 340 g/mol. The van der Waals surface area contributed by atoms with E-state index in [4.69, 9.17) is 4.74 Å². The number of hydrogen-bond donors (Lipinski definition) is 1. The number of amides is 2. The topological polar surface area (TPSA) is 58.6 Å². The minimum Gasteiger partial charge on any atom is -0.457 e. The molecule has 27 heavy (non-hydrogen) atoms. The number of hydrogen-bond acceptors (Lipinski definition) is 3. The molecule has 0 spiro atoms. The van der Waals surface area contributed by atoms with Gasteiger partial charge in [0.2, 0.25) is 11.8 Å². The van der Waals surface area contributed by atoms with E-state index in [2.05, 4.69) is 12.2 Å². The molecule has 0 aromatic heterocycles. The van der Waals surface area contributed by atoms with E-state index < -0.39 is 0 Å². The van der Waals surface area contributed by atoms with Gasteiger partial charge in [0, 0.05) is 25.2 Å². The van der Waals surface area contributed by atoms with Gasteiger partial charge in [-0.05, 0) is 42.8 Å². The van der Waals surface area contributed by atoms with Gasteiger partial charge in [-0.1, -0.05) is 38.0 Å². The lowest BCUT2D eigenvalue weighted by Gasteiger charge is -2.16. The molecule has 1 saturated heterocycles. The van der Waals surface area contributed by atoms with Crippen molar-refractivity contribution >= 4 is 17.5 Å². The summed E-state index contributed by atoms with van der Waals surface area (Å²) in [5, 5.41) is 2.91. The second kappa shape index (κ2) is 9.21. The second-order valence-corrected chi connectivity index (χ2v) is 6.88. The Morgan fingerprint density at radius 1 is 1.07 bits per heavy atom. The van der Waals surface area contributed by atoms with Crippen LogP contribution in [0.2, 0.25) is 0 Å². The summed E-state index contributed by atoms with van der Waals surface area (Å²) in [7, 11) is 0. The SMILES string of the molecule is CCCCCN1CC(C(=O)Nc2ccc(Oc3ccccc3)cc2)CC1=O. The maximum atomic E-state index is 12.5. The van der Waals surface area contributed by atoms with E-state index in [1.54, 1.807) is 0 Å². The number of carbonyl (C=O) groups excluding carboxylic acids is 2. The van der Waals surface area contributed by atoms with Crippen molar-refractivity contribution in [1.82, 2.24) is 4.90 Å². The zero-order valence-electron chi connectivity index (χ0n) is 15.7. The van der Waals surface area contributed by atoms with Gasteiger partial charge in [0.25, 0.3) is 0 Å². The van der Waals surface area contributed by atoms with Gasteiger partial charge < -0.3 is 15.0 Å². The predicted octanol–water partition coefficient (Wildman–Crippen LogP) is 4.46. The molecule has 1 aliphatic heterocycles. The predicted molar refractivity (Wildman–Crippen MR) is 106 cm³/mol. The Labute approximate surface area is 160 Å². The fraction of sp³-hybridized carbons (Fsp3) is 0.364. The highest BCUT2D eigenvalue weighted by atomic mass is 16.5. The summed E-state index contributed by atoms with van der Waals surface area (Å²) in [5.41, 5.74) is 0.706. The first-order valence-electron chi connectivity index (χ1n) is 9.57. The number of nitrogens with zero attached hydrogens (tertiary/aromatic N) is 1. The Morgan fingerprint density at radius 2 is 1.78 bits per heavy atom. The summed E-state index contributed by atoms with van der Waals surface area (Å²) in [4.78, 5) is 26.4. The van der Waals surface area contributed by atoms with Gasteiger partial charge in [0.1, 0.15) is 11.5 Å². The van der Waals surface area contributed by atoms with Crippen molar-refractivity contribution in [3.8, 4) is 11.5 Å². The van der Waals surface area contributed by atoms with Gasteiger partial charge >= 0.3 is 0 Å². The summed E-state index contributed by atoms with van der Waals surface area (Å²) < 4.78 is 5.75. The van der Waals surface area contributed by atoms with E-state index in [1.165, 1.54) is 0 Å². The summed E-state index contributed by atoms with van der Waals surface area (Å²) in [6, 6.07) is 16.8. The summed E-state index contributed by atoms with van der Waals surface area (Å²) in [5.74, 6) is 1.18. The quantitative estimate of drug-likeness (QED) is 0.702. The summed E-state index contributed by atoms with van der Waals surface area (Å²) in [6.45, 7) is 3.41. The fourth-order valence-electron chi connectivity index (χ4n) is 3.19. The van der Waals surface area contributed by atoms with Crippen molar-refractivity contribution in [2.75, 3.05) is 18.4 Å². The van der Waals surface area contributed by atoms with Crippen LogP contribution in [-0.4, -0.2) is 29.8 Å². The van der Waals surface area contributed by atoms with E-state index in [0.717, 1.165) is 31.6 Å². The van der Waals surface area contributed by atoms with Crippen LogP contribution >= 0.6 is 0 Å². The van der Waals surface area contributed by atoms with Crippen LogP contribution in [0.1, 0.15) is 32.6 Å². The number of para-hydroxylation sites is 1. The minimum atomic E-state index is -0.278. The average Bonchev–Trinajstić information content (AvgIpc) is 3.05. The third-order valence-electron chi connectivity index (χ3n) is 4.72. The standard InChI is InChI=1S/C22H26N2O3/c1-2-3-7-14-24-16-17(15-21(24)25)22(26)23-18-10-12-20(13-11-18)27-19-8-5-4-6-9-19/h4-6,8-13,17H,2-3,7,14-16H2,1H3,(H,23,26). The van der Waals surface area contributed by atoms with Crippen LogP contribution in [0.25, 0.3) is 0 Å². The Balaban J connectivity index is 1.51. The lowest BCUT2D eigenvalue weighted by atomic mass is 10.1. The second-order valence-electron chi connectivity index (χ2n) is 6.88. The van der Waals surface area contributed by atoms with Crippen LogP contribution in [-0.2, 0) is 9.59 Å². The lowest BCUT2D eigenvalue weighted by Crippen LogP contribution is -2.29. The van der Waals surface area contributed by atoms with Crippen LogP contribution < -0.4 is 10.1 Å². The molecule has 2 amide bonds. The van der Waals surface area contributed by atoms with Crippen molar-refractivity contribution in [3.63, 3.8) is 0 Å². The van der Waals surface area contributed by atoms with Crippen molar-refractivity contribution in [2.24, 2.45) is 5.92 Å². The maximum absolute atomic E-state index is 12.5. The van der Waals surface area contributed by atoms with Crippen LogP contribution in [0.3, 0.4) is 0 Å². The van der Waals surface area contributed by atoms with Crippen molar-refractivity contribution in [1.29, 1.82) is 0 Å². The molecule has 2 aromatic rings. The Hall–Kier alpha value is -2.82. The zero-order chi connectivity index (χ0) is 19.1. The van der Waals surface area contributed by atoms with Crippen LogP contribution in [0.15, 0.2) is 54.6 Å². The molecular formula is C22H26N2O3. The fourth-order valence-corrected chi connectivity index (χ4v) is 3.19. The maximum Gasteiger partial charge on any atom is 0.229 e. The first kappa shape index (κ1) is 19.0. The highest BCUT2D eigenvalue weighted by molar-refractivity contribution is 5.97. The lowest BCUT2D eigenvalue weighted by molar-refractivity contribution is -0.128. The molecule has 2 aromatic carbocycles. The van der Waals surface area contributed by atoms with Crippen molar-refractivity contribution < 1.29 is 14.3 Å². The monoisotopic (exact) mass is 366 g/mol. The van der Waals surface area contributed by atoms with Crippen LogP contribution in [0.4, 0.5) is 5.69 Å². The molecule has 1 atom stereocenters. The van der Waals surface area contributed by atoms with Gasteiger partial charge in [-0.25, -0.2) is 0 Å². The molecule has 3 rings (SSSR count). The van der Waals surface area contributed by atoms with Crippen LogP contribution in [0, 0.1) is 5.92 Å². The number of benzene rings is 2. The number of unbranched alkanes of at least 4 members (excludes halogenated alkanes) is 2. The average molecular weight is 366 g/mol. The smallest absolute Gasteiger partial charge is 0.229 e. The number of carbonyl (C=O) groups is 2. The molecule has 0 aliphatic carbocycles.